The number of fused-ring (bicyclic) bond motifs is 1. The fourth-order valence-corrected chi connectivity index (χ4v) is 2.71. The average Bonchev–Trinajstić information content (AvgIpc) is 2.86. The van der Waals surface area contributed by atoms with E-state index in [0.717, 1.165) is 36.1 Å². The van der Waals surface area contributed by atoms with Gasteiger partial charge in [0.25, 0.3) is 0 Å². The highest BCUT2D eigenvalue weighted by atomic mass is 16.2. The summed E-state index contributed by atoms with van der Waals surface area (Å²) in [7, 11) is 0. The first-order chi connectivity index (χ1) is 9.22. The molecular weight excluding hydrogens is 238 g/mol. The third-order valence-electron chi connectivity index (χ3n) is 3.75. The molecule has 1 aromatic carbocycles. The standard InChI is InChI=1S/C15H19N3O/c1-11-3-2-8-18(10-11)15(19)17-13-4-5-14-12(9-13)6-7-16-14/h4-7,9,11,16H,2-3,8,10H2,1H3,(H,17,19). The van der Waals surface area contributed by atoms with Gasteiger partial charge in [0.2, 0.25) is 0 Å². The van der Waals surface area contributed by atoms with Crippen molar-refractivity contribution >= 4 is 22.6 Å². The summed E-state index contributed by atoms with van der Waals surface area (Å²) >= 11 is 0. The third kappa shape index (κ3) is 2.57. The van der Waals surface area contributed by atoms with Gasteiger partial charge in [-0.2, -0.15) is 0 Å². The van der Waals surface area contributed by atoms with Gasteiger partial charge in [-0.1, -0.05) is 6.92 Å². The zero-order chi connectivity index (χ0) is 13.2. The molecule has 0 bridgehead atoms. The van der Waals surface area contributed by atoms with Crippen molar-refractivity contribution in [3.8, 4) is 0 Å². The summed E-state index contributed by atoms with van der Waals surface area (Å²) in [4.78, 5) is 17.3. The molecule has 0 radical (unpaired) electrons. The molecule has 1 saturated heterocycles. The second-order valence-electron chi connectivity index (χ2n) is 5.40. The number of piperidine rings is 1. The van der Waals surface area contributed by atoms with Crippen molar-refractivity contribution in [2.75, 3.05) is 18.4 Å². The Morgan fingerprint density at radius 2 is 2.32 bits per heavy atom. The molecule has 1 fully saturated rings. The molecule has 1 atom stereocenters. The lowest BCUT2D eigenvalue weighted by molar-refractivity contribution is 0.182. The maximum absolute atomic E-state index is 12.2. The summed E-state index contributed by atoms with van der Waals surface area (Å²) in [5.41, 5.74) is 1.94. The van der Waals surface area contributed by atoms with E-state index < -0.39 is 0 Å². The van der Waals surface area contributed by atoms with E-state index in [1.54, 1.807) is 0 Å². The quantitative estimate of drug-likeness (QED) is 0.807. The first-order valence-electron chi connectivity index (χ1n) is 6.85. The van der Waals surface area contributed by atoms with Crippen LogP contribution in [0.2, 0.25) is 0 Å². The van der Waals surface area contributed by atoms with Crippen LogP contribution in [0.15, 0.2) is 30.5 Å². The minimum Gasteiger partial charge on any atom is -0.361 e. The number of carbonyl (C=O) groups excluding carboxylic acids is 1. The molecule has 2 amide bonds. The number of anilines is 1. The van der Waals surface area contributed by atoms with E-state index in [-0.39, 0.29) is 6.03 Å². The van der Waals surface area contributed by atoms with Gasteiger partial charge in [-0.25, -0.2) is 4.79 Å². The number of nitrogens with one attached hydrogen (secondary N) is 2. The van der Waals surface area contributed by atoms with Gasteiger partial charge in [-0.15, -0.1) is 0 Å². The number of urea groups is 1. The molecular formula is C15H19N3O. The summed E-state index contributed by atoms with van der Waals surface area (Å²) in [5.74, 6) is 0.603. The summed E-state index contributed by atoms with van der Waals surface area (Å²) in [6.07, 6.45) is 4.23. The number of hydrogen-bond donors (Lipinski definition) is 2. The monoisotopic (exact) mass is 257 g/mol. The number of benzene rings is 1. The zero-order valence-corrected chi connectivity index (χ0v) is 11.1. The summed E-state index contributed by atoms with van der Waals surface area (Å²) in [6.45, 7) is 3.92. The Morgan fingerprint density at radius 1 is 1.42 bits per heavy atom. The van der Waals surface area contributed by atoms with Gasteiger partial charge in [-0.3, -0.25) is 0 Å². The summed E-state index contributed by atoms with van der Waals surface area (Å²) in [5, 5.41) is 4.10. The Morgan fingerprint density at radius 3 is 3.16 bits per heavy atom. The Kier molecular flexibility index (Phi) is 3.15. The van der Waals surface area contributed by atoms with Gasteiger partial charge in [0.05, 0.1) is 0 Å². The van der Waals surface area contributed by atoms with Crippen molar-refractivity contribution in [2.24, 2.45) is 5.92 Å². The van der Waals surface area contributed by atoms with Crippen LogP contribution in [0.25, 0.3) is 10.9 Å². The minimum absolute atomic E-state index is 0.0152. The van der Waals surface area contributed by atoms with Gasteiger partial charge in [0.15, 0.2) is 0 Å². The van der Waals surface area contributed by atoms with Crippen molar-refractivity contribution in [1.82, 2.24) is 9.88 Å². The van der Waals surface area contributed by atoms with Gasteiger partial charge in [0.1, 0.15) is 0 Å². The Balaban J connectivity index is 1.71. The van der Waals surface area contributed by atoms with Crippen LogP contribution >= 0.6 is 0 Å². The van der Waals surface area contributed by atoms with Crippen LogP contribution in [0.1, 0.15) is 19.8 Å². The lowest BCUT2D eigenvalue weighted by Crippen LogP contribution is -2.41. The molecule has 0 aliphatic carbocycles. The first-order valence-corrected chi connectivity index (χ1v) is 6.85. The second kappa shape index (κ2) is 4.96. The molecule has 4 nitrogen and oxygen atoms in total. The van der Waals surface area contributed by atoms with Crippen molar-refractivity contribution in [3.63, 3.8) is 0 Å². The van der Waals surface area contributed by atoms with Gasteiger partial charge < -0.3 is 15.2 Å². The van der Waals surface area contributed by atoms with Crippen LogP contribution in [-0.4, -0.2) is 29.0 Å². The number of rotatable bonds is 1. The largest absolute Gasteiger partial charge is 0.361 e. The predicted molar refractivity (Wildman–Crippen MR) is 77.3 cm³/mol. The van der Waals surface area contributed by atoms with E-state index >= 15 is 0 Å². The molecule has 1 aliphatic rings. The molecule has 1 aromatic heterocycles. The highest BCUT2D eigenvalue weighted by molar-refractivity contribution is 5.92. The normalized spacial score (nSPS) is 19.6. The fraction of sp³-hybridized carbons (Fsp3) is 0.400. The van der Waals surface area contributed by atoms with E-state index in [9.17, 15) is 4.79 Å². The molecule has 0 saturated carbocycles. The molecule has 4 heteroatoms. The SMILES string of the molecule is CC1CCCN(C(=O)Nc2ccc3[nH]ccc3c2)C1. The predicted octanol–water partition coefficient (Wildman–Crippen LogP) is 3.43. The number of aromatic nitrogens is 1. The van der Waals surface area contributed by atoms with Crippen LogP contribution in [0.4, 0.5) is 10.5 Å². The highest BCUT2D eigenvalue weighted by Gasteiger charge is 2.20. The van der Waals surface area contributed by atoms with E-state index in [1.807, 2.05) is 35.4 Å². The number of H-pyrrole nitrogens is 1. The summed E-state index contributed by atoms with van der Waals surface area (Å²) < 4.78 is 0. The lowest BCUT2D eigenvalue weighted by atomic mass is 10.0. The van der Waals surface area contributed by atoms with E-state index in [2.05, 4.69) is 17.2 Å². The van der Waals surface area contributed by atoms with Crippen LogP contribution in [0, 0.1) is 5.92 Å². The number of amides is 2. The zero-order valence-electron chi connectivity index (χ0n) is 11.1. The van der Waals surface area contributed by atoms with Gasteiger partial charge in [0, 0.05) is 35.9 Å². The number of carbonyl (C=O) groups is 1. The number of aromatic amines is 1. The van der Waals surface area contributed by atoms with Gasteiger partial charge in [-0.05, 0) is 43.0 Å². The number of hydrogen-bond acceptors (Lipinski definition) is 1. The Labute approximate surface area is 112 Å². The van der Waals surface area contributed by atoms with E-state index in [4.69, 9.17) is 0 Å². The van der Waals surface area contributed by atoms with Crippen LogP contribution < -0.4 is 5.32 Å². The number of likely N-dealkylation sites (tertiary alicyclic amines) is 1. The van der Waals surface area contributed by atoms with Crippen LogP contribution in [0.3, 0.4) is 0 Å². The molecule has 100 valence electrons. The highest BCUT2D eigenvalue weighted by Crippen LogP contribution is 2.20. The minimum atomic E-state index is 0.0152. The van der Waals surface area contributed by atoms with Crippen molar-refractivity contribution < 1.29 is 4.79 Å². The fourth-order valence-electron chi connectivity index (χ4n) is 2.71. The first kappa shape index (κ1) is 12.1. The topological polar surface area (TPSA) is 48.1 Å². The third-order valence-corrected chi connectivity index (χ3v) is 3.75. The van der Waals surface area contributed by atoms with Crippen LogP contribution in [0.5, 0.6) is 0 Å². The van der Waals surface area contributed by atoms with Crippen LogP contribution in [-0.2, 0) is 0 Å². The smallest absolute Gasteiger partial charge is 0.321 e. The molecule has 1 unspecified atom stereocenters. The molecule has 2 heterocycles. The van der Waals surface area contributed by atoms with Crippen molar-refractivity contribution in [2.45, 2.75) is 19.8 Å². The second-order valence-corrected chi connectivity index (χ2v) is 5.40. The average molecular weight is 257 g/mol. The van der Waals surface area contributed by atoms with E-state index in [1.165, 1.54) is 6.42 Å². The lowest BCUT2D eigenvalue weighted by Gasteiger charge is -2.30. The molecule has 3 rings (SSSR count). The Bertz CT molecular complexity index is 590. The molecule has 2 aromatic rings. The molecule has 0 spiro atoms. The number of nitrogens with zero attached hydrogens (tertiary/aromatic N) is 1. The molecule has 1 aliphatic heterocycles. The maximum atomic E-state index is 12.2. The Hall–Kier alpha value is -1.97. The van der Waals surface area contributed by atoms with Crippen molar-refractivity contribution in [1.29, 1.82) is 0 Å². The van der Waals surface area contributed by atoms with Gasteiger partial charge >= 0.3 is 6.03 Å². The van der Waals surface area contributed by atoms with Crippen molar-refractivity contribution in [3.05, 3.63) is 30.5 Å². The molecule has 19 heavy (non-hydrogen) atoms. The summed E-state index contributed by atoms with van der Waals surface area (Å²) in [6, 6.07) is 7.94. The molecule has 2 N–H and O–H groups in total. The van der Waals surface area contributed by atoms with E-state index in [0.29, 0.717) is 5.92 Å². The maximum Gasteiger partial charge on any atom is 0.321 e.